The number of aliphatic hydroxyl groups is 1. The van der Waals surface area contributed by atoms with Crippen LogP contribution in [0.2, 0.25) is 0 Å². The van der Waals surface area contributed by atoms with Gasteiger partial charge in [0.1, 0.15) is 0 Å². The van der Waals surface area contributed by atoms with Gasteiger partial charge in [0.25, 0.3) is 0 Å². The van der Waals surface area contributed by atoms with Crippen molar-refractivity contribution in [3.05, 3.63) is 29.8 Å². The monoisotopic (exact) mass is 283 g/mol. The van der Waals surface area contributed by atoms with Crippen molar-refractivity contribution >= 4 is 10.0 Å². The van der Waals surface area contributed by atoms with Crippen LogP contribution in [-0.4, -0.2) is 20.1 Å². The van der Waals surface area contributed by atoms with E-state index in [4.69, 9.17) is 0 Å². The van der Waals surface area contributed by atoms with Gasteiger partial charge in [-0.25, -0.2) is 13.1 Å². The molecular weight excluding hydrogens is 262 g/mol. The van der Waals surface area contributed by atoms with E-state index in [0.29, 0.717) is 12.1 Å². The zero-order valence-electron chi connectivity index (χ0n) is 11.4. The minimum atomic E-state index is -3.48. The molecule has 1 unspecified atom stereocenters. The molecule has 0 heterocycles. The number of sulfonamides is 1. The zero-order valence-corrected chi connectivity index (χ0v) is 12.2. The van der Waals surface area contributed by atoms with Crippen molar-refractivity contribution in [1.29, 1.82) is 0 Å². The van der Waals surface area contributed by atoms with Crippen molar-refractivity contribution in [3.63, 3.8) is 0 Å². The van der Waals surface area contributed by atoms with E-state index in [2.05, 4.69) is 11.6 Å². The first-order valence-corrected chi connectivity index (χ1v) is 8.15. The Morgan fingerprint density at radius 3 is 2.63 bits per heavy atom. The van der Waals surface area contributed by atoms with Crippen molar-refractivity contribution < 1.29 is 13.5 Å². The van der Waals surface area contributed by atoms with Gasteiger partial charge in [-0.3, -0.25) is 0 Å². The maximum Gasteiger partial charge on any atom is 0.240 e. The molecule has 1 atom stereocenters. The second-order valence-corrected chi connectivity index (χ2v) is 7.19. The standard InChI is InChI=1S/C14H21NO3S/c1-3-14(7-8-14)10-15-19(17,18)13-6-4-5-12(9-13)11(2)16/h4-6,9,11,15-16H,3,7-8,10H2,1-2H3. The lowest BCUT2D eigenvalue weighted by molar-refractivity contribution is 0.199. The Morgan fingerprint density at radius 2 is 2.11 bits per heavy atom. The predicted octanol–water partition coefficient (Wildman–Crippen LogP) is 2.21. The molecule has 0 aromatic heterocycles. The van der Waals surface area contributed by atoms with Gasteiger partial charge in [0.05, 0.1) is 11.0 Å². The SMILES string of the molecule is CCC1(CNS(=O)(=O)c2cccc(C(C)O)c2)CC1. The lowest BCUT2D eigenvalue weighted by atomic mass is 10.1. The summed E-state index contributed by atoms with van der Waals surface area (Å²) in [7, 11) is -3.48. The van der Waals surface area contributed by atoms with Crippen LogP contribution in [0.25, 0.3) is 0 Å². The fourth-order valence-corrected chi connectivity index (χ4v) is 3.32. The minimum absolute atomic E-state index is 0.176. The third kappa shape index (κ3) is 3.35. The molecule has 0 saturated heterocycles. The molecule has 2 rings (SSSR count). The zero-order chi connectivity index (χ0) is 14.1. The van der Waals surface area contributed by atoms with Gasteiger partial charge in [0, 0.05) is 6.54 Å². The second-order valence-electron chi connectivity index (χ2n) is 5.43. The summed E-state index contributed by atoms with van der Waals surface area (Å²) in [6, 6.07) is 6.46. The minimum Gasteiger partial charge on any atom is -0.389 e. The Morgan fingerprint density at radius 1 is 1.42 bits per heavy atom. The van der Waals surface area contributed by atoms with Gasteiger partial charge in [0.15, 0.2) is 0 Å². The van der Waals surface area contributed by atoms with Gasteiger partial charge >= 0.3 is 0 Å². The highest BCUT2D eigenvalue weighted by Gasteiger charge is 2.41. The maximum atomic E-state index is 12.2. The molecule has 1 aliphatic rings. The Hall–Kier alpha value is -0.910. The van der Waals surface area contributed by atoms with Gasteiger partial charge in [-0.15, -0.1) is 0 Å². The van der Waals surface area contributed by atoms with Crippen LogP contribution in [0.4, 0.5) is 0 Å². The average molecular weight is 283 g/mol. The number of benzene rings is 1. The van der Waals surface area contributed by atoms with Crippen LogP contribution >= 0.6 is 0 Å². The van der Waals surface area contributed by atoms with Gasteiger partial charge < -0.3 is 5.11 Å². The molecular formula is C14H21NO3S. The number of nitrogens with one attached hydrogen (secondary N) is 1. The van der Waals surface area contributed by atoms with Crippen LogP contribution in [0.5, 0.6) is 0 Å². The molecule has 0 bridgehead atoms. The van der Waals surface area contributed by atoms with Crippen LogP contribution in [0.3, 0.4) is 0 Å². The topological polar surface area (TPSA) is 66.4 Å². The van der Waals surface area contributed by atoms with E-state index in [-0.39, 0.29) is 10.3 Å². The highest BCUT2D eigenvalue weighted by atomic mass is 32.2. The summed E-state index contributed by atoms with van der Waals surface area (Å²) in [4.78, 5) is 0.220. The Balaban J connectivity index is 2.13. The van der Waals surface area contributed by atoms with E-state index in [1.54, 1.807) is 25.1 Å². The summed E-state index contributed by atoms with van der Waals surface area (Å²) >= 11 is 0. The number of rotatable bonds is 6. The van der Waals surface area contributed by atoms with Gasteiger partial charge in [-0.05, 0) is 49.3 Å². The van der Waals surface area contributed by atoms with Crippen molar-refractivity contribution in [1.82, 2.24) is 4.72 Å². The van der Waals surface area contributed by atoms with Crippen LogP contribution in [-0.2, 0) is 10.0 Å². The average Bonchev–Trinajstić information content (AvgIpc) is 3.17. The van der Waals surface area contributed by atoms with Gasteiger partial charge in [0.2, 0.25) is 10.0 Å². The molecule has 2 N–H and O–H groups in total. The predicted molar refractivity (Wildman–Crippen MR) is 74.2 cm³/mol. The van der Waals surface area contributed by atoms with Crippen LogP contribution in [0, 0.1) is 5.41 Å². The normalized spacial score (nSPS) is 19.1. The van der Waals surface area contributed by atoms with E-state index in [0.717, 1.165) is 19.3 Å². The third-order valence-corrected chi connectivity index (χ3v) is 5.39. The molecule has 1 saturated carbocycles. The van der Waals surface area contributed by atoms with E-state index < -0.39 is 16.1 Å². The first kappa shape index (κ1) is 14.5. The molecule has 106 valence electrons. The summed E-state index contributed by atoms with van der Waals surface area (Å²) < 4.78 is 27.1. The Labute approximate surface area is 114 Å². The molecule has 0 aliphatic heterocycles. The fraction of sp³-hybridized carbons (Fsp3) is 0.571. The first-order chi connectivity index (χ1) is 8.88. The van der Waals surface area contributed by atoms with E-state index in [1.807, 2.05) is 0 Å². The van der Waals surface area contributed by atoms with Crippen LogP contribution in [0.1, 0.15) is 44.8 Å². The summed E-state index contributed by atoms with van der Waals surface area (Å²) in [6.07, 6.45) is 2.53. The number of hydrogen-bond donors (Lipinski definition) is 2. The molecule has 4 nitrogen and oxygen atoms in total. The van der Waals surface area contributed by atoms with E-state index in [9.17, 15) is 13.5 Å². The van der Waals surface area contributed by atoms with Gasteiger partial charge in [-0.1, -0.05) is 19.1 Å². The van der Waals surface area contributed by atoms with Crippen LogP contribution in [0.15, 0.2) is 29.2 Å². The summed E-state index contributed by atoms with van der Waals surface area (Å²) in [5.74, 6) is 0. The summed E-state index contributed by atoms with van der Waals surface area (Å²) in [5, 5.41) is 9.51. The maximum absolute atomic E-state index is 12.2. The highest BCUT2D eigenvalue weighted by Crippen LogP contribution is 2.48. The first-order valence-electron chi connectivity index (χ1n) is 6.66. The highest BCUT2D eigenvalue weighted by molar-refractivity contribution is 7.89. The molecule has 0 spiro atoms. The van der Waals surface area contributed by atoms with Gasteiger partial charge in [-0.2, -0.15) is 0 Å². The molecule has 1 aromatic rings. The van der Waals surface area contributed by atoms with Crippen LogP contribution < -0.4 is 4.72 Å². The Kier molecular flexibility index (Phi) is 3.99. The second kappa shape index (κ2) is 5.23. The van der Waals surface area contributed by atoms with Crippen molar-refractivity contribution in [3.8, 4) is 0 Å². The quantitative estimate of drug-likeness (QED) is 0.841. The molecule has 1 aliphatic carbocycles. The smallest absolute Gasteiger partial charge is 0.240 e. The molecule has 1 fully saturated rings. The number of hydrogen-bond acceptors (Lipinski definition) is 3. The fourth-order valence-electron chi connectivity index (χ4n) is 2.11. The lowest BCUT2D eigenvalue weighted by Crippen LogP contribution is -2.30. The Bertz CT molecular complexity index is 548. The van der Waals surface area contributed by atoms with Crippen molar-refractivity contribution in [2.24, 2.45) is 5.41 Å². The summed E-state index contributed by atoms with van der Waals surface area (Å²) in [5.41, 5.74) is 0.786. The lowest BCUT2D eigenvalue weighted by Gasteiger charge is -2.14. The third-order valence-electron chi connectivity index (χ3n) is 4.00. The largest absolute Gasteiger partial charge is 0.389 e. The molecule has 0 amide bonds. The van der Waals surface area contributed by atoms with Crippen molar-refractivity contribution in [2.45, 2.75) is 44.1 Å². The van der Waals surface area contributed by atoms with Crippen molar-refractivity contribution in [2.75, 3.05) is 6.54 Å². The molecule has 1 aromatic carbocycles. The molecule has 19 heavy (non-hydrogen) atoms. The molecule has 5 heteroatoms. The summed E-state index contributed by atoms with van der Waals surface area (Å²) in [6.45, 7) is 4.22. The molecule has 0 radical (unpaired) electrons. The van der Waals surface area contributed by atoms with E-state index in [1.165, 1.54) is 6.07 Å². The number of aliphatic hydroxyl groups excluding tert-OH is 1. The van der Waals surface area contributed by atoms with E-state index >= 15 is 0 Å².